The van der Waals surface area contributed by atoms with E-state index in [1.54, 1.807) is 36.2 Å². The van der Waals surface area contributed by atoms with Gasteiger partial charge in [-0.2, -0.15) is 0 Å². The number of hydrogen-bond donors (Lipinski definition) is 2. The Hall–Kier alpha value is -2.45. The van der Waals surface area contributed by atoms with Crippen LogP contribution < -0.4 is 15.5 Å². The summed E-state index contributed by atoms with van der Waals surface area (Å²) in [5.41, 5.74) is 1.05. The first-order chi connectivity index (χ1) is 13.5. The molecule has 1 aliphatic rings. The fourth-order valence-electron chi connectivity index (χ4n) is 3.31. The van der Waals surface area contributed by atoms with Crippen LogP contribution in [0.2, 0.25) is 5.02 Å². The summed E-state index contributed by atoms with van der Waals surface area (Å²) in [4.78, 5) is 23.4. The third-order valence-electron chi connectivity index (χ3n) is 4.77. The van der Waals surface area contributed by atoms with Crippen LogP contribution in [-0.2, 0) is 0 Å². The number of anilines is 3. The number of aromatic nitrogens is 2. The largest absolute Gasteiger partial charge is 0.335 e. The molecule has 28 heavy (non-hydrogen) atoms. The van der Waals surface area contributed by atoms with Crippen molar-refractivity contribution in [2.45, 2.75) is 31.7 Å². The third-order valence-corrected chi connectivity index (χ3v) is 5.88. The zero-order valence-corrected chi connectivity index (χ0v) is 16.8. The van der Waals surface area contributed by atoms with Gasteiger partial charge in [0, 0.05) is 18.1 Å². The van der Waals surface area contributed by atoms with E-state index in [1.807, 2.05) is 0 Å². The van der Waals surface area contributed by atoms with Crippen LogP contribution in [-0.4, -0.2) is 29.1 Å². The minimum atomic E-state index is -0.424. The normalized spacial score (nSPS) is 14.4. The van der Waals surface area contributed by atoms with Gasteiger partial charge in [-0.3, -0.25) is 5.32 Å². The highest BCUT2D eigenvalue weighted by Crippen LogP contribution is 2.31. The van der Waals surface area contributed by atoms with Gasteiger partial charge in [-0.25, -0.2) is 19.2 Å². The van der Waals surface area contributed by atoms with Gasteiger partial charge in [-0.15, -0.1) is 0 Å². The Balaban J connectivity index is 1.51. The topological polar surface area (TPSA) is 70.2 Å². The second-order valence-electron chi connectivity index (χ2n) is 6.75. The number of amides is 2. The van der Waals surface area contributed by atoms with Gasteiger partial charge in [-0.1, -0.05) is 35.8 Å². The molecule has 146 valence electrons. The molecule has 0 unspecified atom stereocenters. The molecule has 2 amide bonds. The molecule has 1 aliphatic carbocycles. The molecule has 6 nitrogen and oxygen atoms in total. The first kappa shape index (κ1) is 18.9. The van der Waals surface area contributed by atoms with E-state index in [-0.39, 0.29) is 12.1 Å². The molecule has 4 rings (SSSR count). The Labute approximate surface area is 170 Å². The van der Waals surface area contributed by atoms with Crippen molar-refractivity contribution in [1.82, 2.24) is 15.3 Å². The second kappa shape index (κ2) is 7.89. The molecule has 0 bridgehead atoms. The van der Waals surface area contributed by atoms with Crippen molar-refractivity contribution in [1.29, 1.82) is 0 Å². The number of hydrogen-bond acceptors (Lipinski definition) is 5. The van der Waals surface area contributed by atoms with Gasteiger partial charge in [0.25, 0.3) is 0 Å². The van der Waals surface area contributed by atoms with Crippen LogP contribution in [0, 0.1) is 5.82 Å². The minimum Gasteiger partial charge on any atom is -0.335 e. The number of carbonyl (C=O) groups excluding carboxylic acids is 1. The Kier molecular flexibility index (Phi) is 5.32. The van der Waals surface area contributed by atoms with Gasteiger partial charge in [0.15, 0.2) is 5.13 Å². The average molecular weight is 420 g/mol. The maximum atomic E-state index is 14.2. The van der Waals surface area contributed by atoms with Crippen molar-refractivity contribution >= 4 is 56.0 Å². The molecule has 2 heterocycles. The summed E-state index contributed by atoms with van der Waals surface area (Å²) in [7, 11) is 1.73. The van der Waals surface area contributed by atoms with Crippen molar-refractivity contribution in [3.05, 3.63) is 41.2 Å². The fraction of sp³-hybridized carbons (Fsp3) is 0.316. The molecule has 2 N–H and O–H groups in total. The molecule has 2 aromatic heterocycles. The van der Waals surface area contributed by atoms with E-state index >= 15 is 0 Å². The van der Waals surface area contributed by atoms with E-state index in [0.717, 1.165) is 25.7 Å². The van der Waals surface area contributed by atoms with Crippen LogP contribution in [0.15, 0.2) is 30.3 Å². The predicted molar refractivity (Wildman–Crippen MR) is 111 cm³/mol. The van der Waals surface area contributed by atoms with Crippen molar-refractivity contribution < 1.29 is 9.18 Å². The number of benzene rings is 1. The molecule has 1 fully saturated rings. The van der Waals surface area contributed by atoms with Crippen LogP contribution in [0.4, 0.5) is 25.8 Å². The van der Waals surface area contributed by atoms with E-state index in [2.05, 4.69) is 20.6 Å². The number of pyridine rings is 1. The monoisotopic (exact) mass is 419 g/mol. The highest BCUT2D eigenvalue weighted by Gasteiger charge is 2.18. The molecular weight excluding hydrogens is 401 g/mol. The SMILES string of the molecule is CN(c1ccc2nc(NC(=O)NC3CCCC3)sc2n1)c1ccc(Cl)cc1F. The lowest BCUT2D eigenvalue weighted by Crippen LogP contribution is -2.36. The minimum absolute atomic E-state index is 0.238. The van der Waals surface area contributed by atoms with Gasteiger partial charge in [0.2, 0.25) is 0 Å². The fourth-order valence-corrected chi connectivity index (χ4v) is 4.30. The lowest BCUT2D eigenvalue weighted by Gasteiger charge is -2.18. The van der Waals surface area contributed by atoms with Gasteiger partial charge in [0.1, 0.15) is 22.0 Å². The zero-order chi connectivity index (χ0) is 19.7. The van der Waals surface area contributed by atoms with Crippen LogP contribution in [0.5, 0.6) is 0 Å². The van der Waals surface area contributed by atoms with Crippen LogP contribution in [0.3, 0.4) is 0 Å². The van der Waals surface area contributed by atoms with Gasteiger partial charge in [-0.05, 0) is 43.2 Å². The van der Waals surface area contributed by atoms with Crippen LogP contribution >= 0.6 is 22.9 Å². The van der Waals surface area contributed by atoms with E-state index in [4.69, 9.17) is 11.6 Å². The number of halogens is 2. The molecular formula is C19H19ClFN5OS. The van der Waals surface area contributed by atoms with Crippen molar-refractivity contribution in [2.24, 2.45) is 0 Å². The third kappa shape index (κ3) is 4.02. The number of fused-ring (bicyclic) bond motifs is 1. The lowest BCUT2D eigenvalue weighted by molar-refractivity contribution is 0.248. The zero-order valence-electron chi connectivity index (χ0n) is 15.2. The van der Waals surface area contributed by atoms with E-state index in [1.165, 1.54) is 17.4 Å². The predicted octanol–water partition coefficient (Wildman–Crippen LogP) is 5.32. The molecule has 0 atom stereocenters. The Morgan fingerprint density at radius 3 is 2.79 bits per heavy atom. The average Bonchev–Trinajstić information content (AvgIpc) is 3.29. The number of urea groups is 1. The first-order valence-corrected chi connectivity index (χ1v) is 10.2. The highest BCUT2D eigenvalue weighted by molar-refractivity contribution is 7.22. The first-order valence-electron chi connectivity index (χ1n) is 9.03. The van der Waals surface area contributed by atoms with Crippen molar-refractivity contribution in [3.63, 3.8) is 0 Å². The molecule has 0 aliphatic heterocycles. The Bertz CT molecular complexity index is 1020. The summed E-state index contributed by atoms with van der Waals surface area (Å²) >= 11 is 7.10. The molecule has 1 aromatic carbocycles. The molecule has 0 radical (unpaired) electrons. The number of nitrogens with one attached hydrogen (secondary N) is 2. The summed E-state index contributed by atoms with van der Waals surface area (Å²) in [6.45, 7) is 0. The molecule has 0 saturated heterocycles. The second-order valence-corrected chi connectivity index (χ2v) is 8.16. The molecule has 9 heteroatoms. The van der Waals surface area contributed by atoms with Crippen molar-refractivity contribution in [2.75, 3.05) is 17.3 Å². The van der Waals surface area contributed by atoms with E-state index in [0.29, 0.717) is 32.0 Å². The summed E-state index contributed by atoms with van der Waals surface area (Å²) in [5.74, 6) is 0.145. The lowest BCUT2D eigenvalue weighted by atomic mass is 10.2. The summed E-state index contributed by atoms with van der Waals surface area (Å²) in [5, 5.41) is 6.57. The maximum Gasteiger partial charge on any atom is 0.321 e. The van der Waals surface area contributed by atoms with Gasteiger partial charge in [0.05, 0.1) is 5.69 Å². The summed E-state index contributed by atoms with van der Waals surface area (Å²) in [6, 6.07) is 8.07. The van der Waals surface area contributed by atoms with E-state index in [9.17, 15) is 9.18 Å². The Morgan fingerprint density at radius 1 is 1.25 bits per heavy atom. The maximum absolute atomic E-state index is 14.2. The summed E-state index contributed by atoms with van der Waals surface area (Å²) in [6.07, 6.45) is 4.35. The standard InChI is InChI=1S/C19H19ClFN5OS/c1-26(15-8-6-11(20)10-13(15)21)16-9-7-14-17(24-16)28-19(23-14)25-18(27)22-12-4-2-3-5-12/h6-10,12H,2-5H2,1H3,(H2,22,23,25,27). The molecule has 0 spiro atoms. The van der Waals surface area contributed by atoms with Gasteiger partial charge < -0.3 is 10.2 Å². The number of carbonyl (C=O) groups is 1. The molecule has 1 saturated carbocycles. The van der Waals surface area contributed by atoms with E-state index < -0.39 is 5.82 Å². The Morgan fingerprint density at radius 2 is 2.04 bits per heavy atom. The smallest absolute Gasteiger partial charge is 0.321 e. The van der Waals surface area contributed by atoms with Crippen LogP contribution in [0.1, 0.15) is 25.7 Å². The number of thiazole rings is 1. The van der Waals surface area contributed by atoms with Crippen molar-refractivity contribution in [3.8, 4) is 0 Å². The molecule has 3 aromatic rings. The quantitative estimate of drug-likeness (QED) is 0.600. The van der Waals surface area contributed by atoms with Gasteiger partial charge >= 0.3 is 6.03 Å². The summed E-state index contributed by atoms with van der Waals surface area (Å²) < 4.78 is 14.2. The highest BCUT2D eigenvalue weighted by atomic mass is 35.5. The number of rotatable bonds is 4. The van der Waals surface area contributed by atoms with Crippen LogP contribution in [0.25, 0.3) is 10.3 Å². The number of nitrogens with zero attached hydrogens (tertiary/aromatic N) is 3.